The van der Waals surface area contributed by atoms with Crippen molar-refractivity contribution in [1.29, 1.82) is 0 Å². The predicted octanol–water partition coefficient (Wildman–Crippen LogP) is 3.72. The van der Waals surface area contributed by atoms with Gasteiger partial charge in [0.15, 0.2) is 0 Å². The quantitative estimate of drug-likeness (QED) is 0.787. The van der Waals surface area contributed by atoms with Gasteiger partial charge in [0.1, 0.15) is 6.61 Å². The van der Waals surface area contributed by atoms with Gasteiger partial charge in [-0.25, -0.2) is 9.69 Å². The molecule has 1 heterocycles. The summed E-state index contributed by atoms with van der Waals surface area (Å²) < 4.78 is 4.97. The Morgan fingerprint density at radius 2 is 1.84 bits per heavy atom. The Labute approximate surface area is 146 Å². The number of nitrogens with zero attached hydrogens (tertiary/aromatic N) is 1. The van der Waals surface area contributed by atoms with Crippen LogP contribution >= 0.6 is 0 Å². The van der Waals surface area contributed by atoms with Crippen LogP contribution in [0.3, 0.4) is 0 Å². The van der Waals surface area contributed by atoms with Gasteiger partial charge in [-0.2, -0.15) is 0 Å². The van der Waals surface area contributed by atoms with E-state index in [1.807, 2.05) is 12.1 Å². The van der Waals surface area contributed by atoms with Crippen LogP contribution in [0.15, 0.2) is 54.6 Å². The van der Waals surface area contributed by atoms with Gasteiger partial charge in [-0.15, -0.1) is 0 Å². The van der Waals surface area contributed by atoms with Gasteiger partial charge in [-0.3, -0.25) is 4.79 Å². The topological polar surface area (TPSA) is 46.6 Å². The molecule has 0 N–H and O–H groups in total. The van der Waals surface area contributed by atoms with E-state index in [0.717, 1.165) is 6.42 Å². The summed E-state index contributed by atoms with van der Waals surface area (Å²) in [6.07, 6.45) is 4.91. The number of rotatable bonds is 2. The average Bonchev–Trinajstić information content (AvgIpc) is 3.36. The summed E-state index contributed by atoms with van der Waals surface area (Å²) in [7, 11) is 0. The summed E-state index contributed by atoms with van der Waals surface area (Å²) in [5.41, 5.74) is 1.20. The van der Waals surface area contributed by atoms with Crippen molar-refractivity contribution in [3.8, 4) is 0 Å². The third-order valence-corrected chi connectivity index (χ3v) is 5.93. The molecule has 0 spiro atoms. The number of ether oxygens (including phenoxy) is 1. The minimum atomic E-state index is -0.492. The third kappa shape index (κ3) is 2.20. The lowest BCUT2D eigenvalue weighted by atomic mass is 9.77. The van der Waals surface area contributed by atoms with E-state index in [1.54, 1.807) is 0 Å². The van der Waals surface area contributed by atoms with Gasteiger partial charge in [-0.1, -0.05) is 54.6 Å². The van der Waals surface area contributed by atoms with Crippen molar-refractivity contribution < 1.29 is 14.3 Å². The molecule has 25 heavy (non-hydrogen) atoms. The highest BCUT2D eigenvalue weighted by Gasteiger charge is 2.51. The van der Waals surface area contributed by atoms with Crippen LogP contribution in [0.4, 0.5) is 4.79 Å². The molecule has 3 aliphatic rings. The largest absolute Gasteiger partial charge is 0.447 e. The van der Waals surface area contributed by atoms with Crippen LogP contribution in [0.2, 0.25) is 0 Å². The molecule has 126 valence electrons. The molecule has 2 bridgehead atoms. The number of hydrogen-bond acceptors (Lipinski definition) is 3. The number of hydrogen-bond donors (Lipinski definition) is 0. The standard InChI is InChI=1S/C21H19NO3/c23-20(22-9-10-25-21(22)24)19-17-8-7-16(12-17)18(19)15-6-5-13-3-1-2-4-14(13)11-15/h1-8,11,16-19H,9-10,12H2/t16-,17-,18?,19?/m0/s1. The molecule has 2 aromatic rings. The fraction of sp³-hybridized carbons (Fsp3) is 0.333. The molecular formula is C21H19NO3. The first-order chi connectivity index (χ1) is 12.2. The first-order valence-electron chi connectivity index (χ1n) is 8.87. The molecule has 2 fully saturated rings. The van der Waals surface area contributed by atoms with E-state index in [-0.39, 0.29) is 23.7 Å². The molecule has 1 saturated heterocycles. The molecule has 4 heteroatoms. The fourth-order valence-electron chi connectivity index (χ4n) is 4.80. The minimum absolute atomic E-state index is 0.0718. The number of fused-ring (bicyclic) bond motifs is 3. The van der Waals surface area contributed by atoms with Crippen molar-refractivity contribution in [2.24, 2.45) is 17.8 Å². The van der Waals surface area contributed by atoms with Gasteiger partial charge in [-0.05, 0) is 34.6 Å². The molecule has 2 unspecified atom stereocenters. The number of benzene rings is 2. The van der Waals surface area contributed by atoms with E-state index >= 15 is 0 Å². The maximum atomic E-state index is 13.1. The molecular weight excluding hydrogens is 314 g/mol. The Morgan fingerprint density at radius 3 is 2.64 bits per heavy atom. The zero-order valence-corrected chi connectivity index (χ0v) is 13.8. The molecule has 1 saturated carbocycles. The minimum Gasteiger partial charge on any atom is -0.447 e. The zero-order chi connectivity index (χ0) is 17.0. The Morgan fingerprint density at radius 1 is 1.04 bits per heavy atom. The lowest BCUT2D eigenvalue weighted by Gasteiger charge is -2.29. The Bertz CT molecular complexity index is 903. The van der Waals surface area contributed by atoms with Crippen molar-refractivity contribution in [3.63, 3.8) is 0 Å². The van der Waals surface area contributed by atoms with Crippen LogP contribution in [-0.4, -0.2) is 30.1 Å². The third-order valence-electron chi connectivity index (χ3n) is 5.93. The number of carbonyl (C=O) groups is 2. The van der Waals surface area contributed by atoms with Crippen LogP contribution < -0.4 is 0 Å². The second-order valence-corrected chi connectivity index (χ2v) is 7.21. The summed E-state index contributed by atoms with van der Waals surface area (Å²) in [5.74, 6) is 0.501. The highest BCUT2D eigenvalue weighted by atomic mass is 16.6. The van der Waals surface area contributed by atoms with Gasteiger partial charge in [0.2, 0.25) is 5.91 Å². The van der Waals surface area contributed by atoms with Crippen molar-refractivity contribution >= 4 is 22.8 Å². The second-order valence-electron chi connectivity index (χ2n) is 7.21. The highest BCUT2D eigenvalue weighted by molar-refractivity contribution is 5.95. The summed E-state index contributed by atoms with van der Waals surface area (Å²) in [4.78, 5) is 26.2. The molecule has 1 aliphatic heterocycles. The van der Waals surface area contributed by atoms with E-state index in [9.17, 15) is 9.59 Å². The van der Waals surface area contributed by atoms with E-state index in [4.69, 9.17) is 4.74 Å². The number of cyclic esters (lactones) is 1. The SMILES string of the molecule is O=C1OCCN1C(=O)C1C(c2ccc3ccccc3c2)[C@H]2C=C[C@H]1C2. The van der Waals surface area contributed by atoms with E-state index in [2.05, 4.69) is 42.5 Å². The van der Waals surface area contributed by atoms with Gasteiger partial charge in [0.05, 0.1) is 12.5 Å². The van der Waals surface area contributed by atoms with Crippen LogP contribution in [0.1, 0.15) is 17.9 Å². The molecule has 4 atom stereocenters. The molecule has 0 aromatic heterocycles. The lowest BCUT2D eigenvalue weighted by Crippen LogP contribution is -2.40. The number of allylic oxidation sites excluding steroid dienone is 2. The predicted molar refractivity (Wildman–Crippen MR) is 94.0 cm³/mol. The molecule has 2 aliphatic carbocycles. The molecule has 2 aromatic carbocycles. The summed E-state index contributed by atoms with van der Waals surface area (Å²) in [5, 5.41) is 2.40. The van der Waals surface area contributed by atoms with Crippen molar-refractivity contribution in [2.45, 2.75) is 12.3 Å². The maximum Gasteiger partial charge on any atom is 0.416 e. The molecule has 5 rings (SSSR count). The van der Waals surface area contributed by atoms with Crippen LogP contribution in [0.25, 0.3) is 10.8 Å². The van der Waals surface area contributed by atoms with Crippen molar-refractivity contribution in [1.82, 2.24) is 4.90 Å². The normalized spacial score (nSPS) is 30.2. The van der Waals surface area contributed by atoms with Gasteiger partial charge < -0.3 is 4.74 Å². The van der Waals surface area contributed by atoms with Gasteiger partial charge in [0, 0.05) is 5.92 Å². The Hall–Kier alpha value is -2.62. The number of imide groups is 1. The summed E-state index contributed by atoms with van der Waals surface area (Å²) in [6, 6.07) is 14.8. The average molecular weight is 333 g/mol. The van der Waals surface area contributed by atoms with Gasteiger partial charge in [0.25, 0.3) is 0 Å². The maximum absolute atomic E-state index is 13.1. The monoisotopic (exact) mass is 333 g/mol. The van der Waals surface area contributed by atoms with Crippen LogP contribution in [0.5, 0.6) is 0 Å². The first-order valence-corrected chi connectivity index (χ1v) is 8.87. The smallest absolute Gasteiger partial charge is 0.416 e. The van der Waals surface area contributed by atoms with Crippen LogP contribution in [0, 0.1) is 17.8 Å². The fourth-order valence-corrected chi connectivity index (χ4v) is 4.80. The molecule has 2 amide bonds. The molecule has 0 radical (unpaired) electrons. The molecule has 4 nitrogen and oxygen atoms in total. The lowest BCUT2D eigenvalue weighted by molar-refractivity contribution is -0.133. The number of amides is 2. The van der Waals surface area contributed by atoms with E-state index in [0.29, 0.717) is 19.1 Å². The number of carbonyl (C=O) groups excluding carboxylic acids is 2. The van der Waals surface area contributed by atoms with E-state index < -0.39 is 6.09 Å². The zero-order valence-electron chi connectivity index (χ0n) is 13.8. The Balaban J connectivity index is 1.54. The van der Waals surface area contributed by atoms with Crippen molar-refractivity contribution in [2.75, 3.05) is 13.2 Å². The second kappa shape index (κ2) is 5.45. The van der Waals surface area contributed by atoms with Gasteiger partial charge >= 0.3 is 6.09 Å². The van der Waals surface area contributed by atoms with Crippen LogP contribution in [-0.2, 0) is 9.53 Å². The van der Waals surface area contributed by atoms with Crippen molar-refractivity contribution in [3.05, 3.63) is 60.2 Å². The first kappa shape index (κ1) is 14.7. The summed E-state index contributed by atoms with van der Waals surface area (Å²) in [6.45, 7) is 0.682. The summed E-state index contributed by atoms with van der Waals surface area (Å²) >= 11 is 0. The van der Waals surface area contributed by atoms with E-state index in [1.165, 1.54) is 21.2 Å². The Kier molecular flexibility index (Phi) is 3.20. The highest BCUT2D eigenvalue weighted by Crippen LogP contribution is 2.54.